The Morgan fingerprint density at radius 1 is 1.02 bits per heavy atom. The van der Waals surface area contributed by atoms with Crippen molar-refractivity contribution in [2.75, 3.05) is 6.61 Å². The SMILES string of the molecule is CCOC(=O)C1=C(c2ccccc2)N=c2s/c(=C\c3cc(Br)c(OCc4ccc([N+](=O)[O-])cc4)c(Br)c3)c(=O)n2[C@@H]1c1ccc(C(C)C)cc1. The van der Waals surface area contributed by atoms with E-state index in [1.165, 1.54) is 23.5 Å². The molecule has 50 heavy (non-hydrogen) atoms. The molecule has 12 heteroatoms. The van der Waals surface area contributed by atoms with Crippen LogP contribution in [0.3, 0.4) is 0 Å². The van der Waals surface area contributed by atoms with Crippen molar-refractivity contribution in [2.24, 2.45) is 4.99 Å². The minimum atomic E-state index is -0.766. The van der Waals surface area contributed by atoms with Crippen LogP contribution in [0.4, 0.5) is 5.69 Å². The number of rotatable bonds is 10. The Morgan fingerprint density at radius 2 is 1.68 bits per heavy atom. The quantitative estimate of drug-likeness (QED) is 0.0801. The highest BCUT2D eigenvalue weighted by Gasteiger charge is 2.35. The number of fused-ring (bicyclic) bond motifs is 1. The highest BCUT2D eigenvalue weighted by atomic mass is 79.9. The highest BCUT2D eigenvalue weighted by molar-refractivity contribution is 9.11. The van der Waals surface area contributed by atoms with Gasteiger partial charge in [0.25, 0.3) is 11.2 Å². The molecule has 1 aliphatic heterocycles. The molecule has 5 aromatic rings. The minimum absolute atomic E-state index is 0.00880. The van der Waals surface area contributed by atoms with E-state index in [0.29, 0.717) is 41.2 Å². The molecule has 0 spiro atoms. The first-order valence-electron chi connectivity index (χ1n) is 15.8. The van der Waals surface area contributed by atoms with E-state index < -0.39 is 16.9 Å². The van der Waals surface area contributed by atoms with Crippen LogP contribution in [-0.4, -0.2) is 22.1 Å². The van der Waals surface area contributed by atoms with Crippen LogP contribution < -0.4 is 19.6 Å². The van der Waals surface area contributed by atoms with Gasteiger partial charge in [0.2, 0.25) is 0 Å². The molecule has 0 radical (unpaired) electrons. The summed E-state index contributed by atoms with van der Waals surface area (Å²) in [4.78, 5) is 44.0. The number of halogens is 2. The summed E-state index contributed by atoms with van der Waals surface area (Å²) in [5.74, 6) is 0.321. The van der Waals surface area contributed by atoms with Gasteiger partial charge in [0.15, 0.2) is 4.80 Å². The van der Waals surface area contributed by atoms with Crippen molar-refractivity contribution in [3.8, 4) is 5.75 Å². The second kappa shape index (κ2) is 15.1. The second-order valence-corrected chi connectivity index (χ2v) is 14.5. The molecule has 0 amide bonds. The predicted octanol–water partition coefficient (Wildman–Crippen LogP) is 8.07. The number of aromatic nitrogens is 1. The van der Waals surface area contributed by atoms with E-state index in [9.17, 15) is 19.7 Å². The first-order valence-corrected chi connectivity index (χ1v) is 18.2. The fourth-order valence-electron chi connectivity index (χ4n) is 5.64. The van der Waals surface area contributed by atoms with Crippen LogP contribution in [0.25, 0.3) is 11.8 Å². The third-order valence-corrected chi connectivity index (χ3v) is 10.3. The number of benzene rings is 4. The number of esters is 1. The molecule has 6 rings (SSSR count). The van der Waals surface area contributed by atoms with Crippen LogP contribution >= 0.6 is 43.2 Å². The number of ether oxygens (including phenoxy) is 2. The lowest BCUT2D eigenvalue weighted by Crippen LogP contribution is -2.40. The number of hydrogen-bond donors (Lipinski definition) is 0. The maximum absolute atomic E-state index is 14.3. The van der Waals surface area contributed by atoms with Crippen molar-refractivity contribution >= 4 is 66.6 Å². The summed E-state index contributed by atoms with van der Waals surface area (Å²) in [6, 6.07) is 26.5. The Kier molecular flexibility index (Phi) is 10.6. The van der Waals surface area contributed by atoms with Crippen molar-refractivity contribution in [3.05, 3.63) is 163 Å². The average molecular weight is 818 g/mol. The Hall–Kier alpha value is -4.65. The molecular weight excluding hydrogens is 786 g/mol. The van der Waals surface area contributed by atoms with Crippen LogP contribution in [0.2, 0.25) is 0 Å². The monoisotopic (exact) mass is 815 g/mol. The van der Waals surface area contributed by atoms with Crippen molar-refractivity contribution in [1.29, 1.82) is 0 Å². The smallest absolute Gasteiger partial charge is 0.338 e. The van der Waals surface area contributed by atoms with Crippen LogP contribution in [0.1, 0.15) is 60.5 Å². The van der Waals surface area contributed by atoms with E-state index in [0.717, 1.165) is 27.8 Å². The van der Waals surface area contributed by atoms with Gasteiger partial charge in [-0.2, -0.15) is 0 Å². The molecule has 0 saturated carbocycles. The van der Waals surface area contributed by atoms with E-state index in [4.69, 9.17) is 14.5 Å². The zero-order chi connectivity index (χ0) is 35.5. The van der Waals surface area contributed by atoms with Gasteiger partial charge in [-0.15, -0.1) is 0 Å². The largest absolute Gasteiger partial charge is 0.487 e. The van der Waals surface area contributed by atoms with Gasteiger partial charge in [-0.1, -0.05) is 79.8 Å². The summed E-state index contributed by atoms with van der Waals surface area (Å²) >= 11 is 8.44. The molecule has 1 aromatic heterocycles. The van der Waals surface area contributed by atoms with Gasteiger partial charge in [0.05, 0.1) is 42.3 Å². The standard InChI is InChI=1S/C38H31Br2N3O6S/c1-4-48-37(45)32-33(26-8-6-5-7-9-26)41-38-42(34(32)27-14-12-25(13-15-27)22(2)3)36(44)31(50-38)20-24-18-29(39)35(30(40)19-24)49-21-23-10-16-28(17-11-23)43(46)47/h5-20,22,34H,4,21H2,1-3H3/b31-20-/t34-/m1/s1. The molecule has 4 aromatic carbocycles. The van der Waals surface area contributed by atoms with E-state index in [1.54, 1.807) is 29.7 Å². The summed E-state index contributed by atoms with van der Waals surface area (Å²) in [7, 11) is 0. The van der Waals surface area contributed by atoms with Gasteiger partial charge in [0.1, 0.15) is 12.4 Å². The molecule has 1 atom stereocenters. The third kappa shape index (κ3) is 7.28. The maximum atomic E-state index is 14.3. The second-order valence-electron chi connectivity index (χ2n) is 11.8. The fraction of sp³-hybridized carbons (Fsp3) is 0.184. The van der Waals surface area contributed by atoms with E-state index >= 15 is 0 Å². The Balaban J connectivity index is 1.44. The highest BCUT2D eigenvalue weighted by Crippen LogP contribution is 2.37. The Labute approximate surface area is 308 Å². The summed E-state index contributed by atoms with van der Waals surface area (Å²) in [5.41, 5.74) is 4.64. The molecule has 254 valence electrons. The first kappa shape index (κ1) is 35.2. The number of nitro benzene ring substituents is 1. The van der Waals surface area contributed by atoms with Gasteiger partial charge < -0.3 is 9.47 Å². The molecular formula is C38H31Br2N3O6S. The van der Waals surface area contributed by atoms with Gasteiger partial charge in [-0.05, 0) is 97.3 Å². The van der Waals surface area contributed by atoms with Crippen LogP contribution in [0, 0.1) is 10.1 Å². The molecule has 0 unspecified atom stereocenters. The van der Waals surface area contributed by atoms with E-state index in [1.807, 2.05) is 66.7 Å². The number of nitro groups is 1. The minimum Gasteiger partial charge on any atom is -0.487 e. The lowest BCUT2D eigenvalue weighted by atomic mass is 9.91. The number of carbonyl (C=O) groups is 1. The van der Waals surface area contributed by atoms with Crippen LogP contribution in [0.5, 0.6) is 5.75 Å². The fourth-order valence-corrected chi connectivity index (χ4v) is 8.09. The average Bonchev–Trinajstić information content (AvgIpc) is 3.41. The zero-order valence-electron chi connectivity index (χ0n) is 27.3. The molecule has 1 aliphatic rings. The normalized spacial score (nSPS) is 14.4. The zero-order valence-corrected chi connectivity index (χ0v) is 31.3. The molecule has 0 N–H and O–H groups in total. The van der Waals surface area contributed by atoms with Gasteiger partial charge in [-0.25, -0.2) is 9.79 Å². The van der Waals surface area contributed by atoms with E-state index in [-0.39, 0.29) is 24.5 Å². The van der Waals surface area contributed by atoms with Crippen molar-refractivity contribution in [2.45, 2.75) is 39.3 Å². The van der Waals surface area contributed by atoms with Gasteiger partial charge in [0, 0.05) is 17.7 Å². The number of hydrogen-bond acceptors (Lipinski definition) is 8. The Bertz CT molecular complexity index is 2270. The van der Waals surface area contributed by atoms with Crippen molar-refractivity contribution < 1.29 is 19.2 Å². The summed E-state index contributed by atoms with van der Waals surface area (Å²) in [6.45, 7) is 6.35. The van der Waals surface area contributed by atoms with E-state index in [2.05, 4.69) is 45.7 Å². The number of nitrogens with zero attached hydrogens (tertiary/aromatic N) is 3. The number of non-ortho nitro benzene ring substituents is 1. The third-order valence-electron chi connectivity index (χ3n) is 8.14. The van der Waals surface area contributed by atoms with Crippen molar-refractivity contribution in [1.82, 2.24) is 4.57 Å². The summed E-state index contributed by atoms with van der Waals surface area (Å²) in [6.07, 6.45) is 1.79. The number of thiazole rings is 1. The van der Waals surface area contributed by atoms with Crippen LogP contribution in [-0.2, 0) is 16.1 Å². The summed E-state index contributed by atoms with van der Waals surface area (Å²) in [5, 5.41) is 11.0. The molecule has 0 saturated heterocycles. The molecule has 0 aliphatic carbocycles. The Morgan fingerprint density at radius 3 is 2.28 bits per heavy atom. The lowest BCUT2D eigenvalue weighted by Gasteiger charge is -2.26. The summed E-state index contributed by atoms with van der Waals surface area (Å²) < 4.78 is 14.9. The topological polar surface area (TPSA) is 113 Å². The van der Waals surface area contributed by atoms with Gasteiger partial charge >= 0.3 is 5.97 Å². The van der Waals surface area contributed by atoms with Crippen LogP contribution in [0.15, 0.2) is 115 Å². The lowest BCUT2D eigenvalue weighted by molar-refractivity contribution is -0.384. The first-order chi connectivity index (χ1) is 24.0. The molecule has 9 nitrogen and oxygen atoms in total. The molecule has 0 fully saturated rings. The number of carbonyl (C=O) groups excluding carboxylic acids is 1. The molecule has 0 bridgehead atoms. The predicted molar refractivity (Wildman–Crippen MR) is 201 cm³/mol. The molecule has 2 heterocycles. The van der Waals surface area contributed by atoms with Crippen molar-refractivity contribution in [3.63, 3.8) is 0 Å². The van der Waals surface area contributed by atoms with Gasteiger partial charge in [-0.3, -0.25) is 19.5 Å². The maximum Gasteiger partial charge on any atom is 0.338 e.